The topological polar surface area (TPSA) is 50.4 Å². The summed E-state index contributed by atoms with van der Waals surface area (Å²) in [5, 5.41) is 6.62. The fourth-order valence-corrected chi connectivity index (χ4v) is 3.27. The van der Waals surface area contributed by atoms with E-state index in [1.165, 1.54) is 25.7 Å². The minimum atomic E-state index is -0.433. The van der Waals surface area contributed by atoms with Crippen LogP contribution in [0.4, 0.5) is 4.79 Å². The molecule has 4 heteroatoms. The predicted octanol–water partition coefficient (Wildman–Crippen LogP) is 3.81. The SMILES string of the molecule is CC(C)C(CNCC(C1CC1)C1CC1)CNC(=O)OC(C)(C)C. The number of amides is 1. The van der Waals surface area contributed by atoms with E-state index in [1.54, 1.807) is 0 Å². The molecule has 1 amide bonds. The molecule has 0 radical (unpaired) electrons. The van der Waals surface area contributed by atoms with Crippen LogP contribution >= 0.6 is 0 Å². The highest BCUT2D eigenvalue weighted by Crippen LogP contribution is 2.48. The van der Waals surface area contributed by atoms with Crippen molar-refractivity contribution in [3.05, 3.63) is 0 Å². The maximum absolute atomic E-state index is 11.8. The van der Waals surface area contributed by atoms with Crippen LogP contribution in [0.1, 0.15) is 60.3 Å². The fourth-order valence-electron chi connectivity index (χ4n) is 3.27. The molecule has 2 saturated carbocycles. The molecule has 23 heavy (non-hydrogen) atoms. The van der Waals surface area contributed by atoms with Crippen molar-refractivity contribution in [2.45, 2.75) is 65.9 Å². The summed E-state index contributed by atoms with van der Waals surface area (Å²) in [6.45, 7) is 12.9. The first-order valence-electron chi connectivity index (χ1n) is 9.44. The van der Waals surface area contributed by atoms with Crippen LogP contribution in [0.3, 0.4) is 0 Å². The van der Waals surface area contributed by atoms with Gasteiger partial charge in [-0.3, -0.25) is 0 Å². The molecule has 0 aromatic carbocycles. The monoisotopic (exact) mass is 324 g/mol. The van der Waals surface area contributed by atoms with E-state index in [0.717, 1.165) is 30.8 Å². The van der Waals surface area contributed by atoms with Gasteiger partial charge in [-0.2, -0.15) is 0 Å². The maximum Gasteiger partial charge on any atom is 0.407 e. The Labute approximate surface area is 142 Å². The summed E-state index contributed by atoms with van der Waals surface area (Å²) < 4.78 is 5.32. The van der Waals surface area contributed by atoms with E-state index in [4.69, 9.17) is 4.74 Å². The Morgan fingerprint density at radius 1 is 1.04 bits per heavy atom. The minimum absolute atomic E-state index is 0.308. The Hall–Kier alpha value is -0.770. The highest BCUT2D eigenvalue weighted by Gasteiger charge is 2.40. The molecule has 0 aromatic heterocycles. The second kappa shape index (κ2) is 7.87. The third-order valence-corrected chi connectivity index (χ3v) is 5.09. The van der Waals surface area contributed by atoms with Crippen molar-refractivity contribution >= 4 is 6.09 Å². The molecular formula is C19H36N2O2. The van der Waals surface area contributed by atoms with Crippen molar-refractivity contribution in [1.29, 1.82) is 0 Å². The zero-order valence-electron chi connectivity index (χ0n) is 15.7. The molecule has 0 aromatic rings. The van der Waals surface area contributed by atoms with Crippen LogP contribution in [0.2, 0.25) is 0 Å². The largest absolute Gasteiger partial charge is 0.444 e. The number of hydrogen-bond donors (Lipinski definition) is 2. The van der Waals surface area contributed by atoms with Gasteiger partial charge in [0.1, 0.15) is 5.60 Å². The van der Waals surface area contributed by atoms with Crippen LogP contribution in [-0.2, 0) is 4.74 Å². The van der Waals surface area contributed by atoms with E-state index in [9.17, 15) is 4.79 Å². The molecule has 2 rings (SSSR count). The smallest absolute Gasteiger partial charge is 0.407 e. The Morgan fingerprint density at radius 2 is 1.61 bits per heavy atom. The van der Waals surface area contributed by atoms with Gasteiger partial charge in [-0.15, -0.1) is 0 Å². The highest BCUT2D eigenvalue weighted by atomic mass is 16.6. The molecule has 4 nitrogen and oxygen atoms in total. The molecule has 2 aliphatic rings. The lowest BCUT2D eigenvalue weighted by atomic mass is 9.94. The van der Waals surface area contributed by atoms with Gasteiger partial charge in [0.15, 0.2) is 0 Å². The standard InChI is InChI=1S/C19H36N2O2/c1-13(2)16(11-21-18(22)23-19(3,4)5)10-20-12-17(14-6-7-14)15-8-9-15/h13-17,20H,6-12H2,1-5H3,(H,21,22). The van der Waals surface area contributed by atoms with Crippen molar-refractivity contribution < 1.29 is 9.53 Å². The number of carbonyl (C=O) groups is 1. The summed E-state index contributed by atoms with van der Waals surface area (Å²) in [5.41, 5.74) is -0.433. The van der Waals surface area contributed by atoms with Crippen molar-refractivity contribution in [2.24, 2.45) is 29.6 Å². The highest BCUT2D eigenvalue weighted by molar-refractivity contribution is 5.67. The zero-order valence-corrected chi connectivity index (χ0v) is 15.7. The van der Waals surface area contributed by atoms with Crippen LogP contribution < -0.4 is 10.6 Å². The number of hydrogen-bond acceptors (Lipinski definition) is 3. The zero-order chi connectivity index (χ0) is 17.0. The van der Waals surface area contributed by atoms with Gasteiger partial charge in [0.25, 0.3) is 0 Å². The number of alkyl carbamates (subject to hydrolysis) is 1. The predicted molar refractivity (Wildman–Crippen MR) is 94.4 cm³/mol. The molecule has 1 atom stereocenters. The quantitative estimate of drug-likeness (QED) is 0.678. The summed E-state index contributed by atoms with van der Waals surface area (Å²) in [7, 11) is 0. The molecule has 2 aliphatic carbocycles. The molecule has 2 N–H and O–H groups in total. The third kappa shape index (κ3) is 7.11. The van der Waals surface area contributed by atoms with Gasteiger partial charge >= 0.3 is 6.09 Å². The number of rotatable bonds is 9. The fraction of sp³-hybridized carbons (Fsp3) is 0.947. The van der Waals surface area contributed by atoms with E-state index in [-0.39, 0.29) is 6.09 Å². The number of carbonyl (C=O) groups excluding carboxylic acids is 1. The van der Waals surface area contributed by atoms with E-state index >= 15 is 0 Å². The summed E-state index contributed by atoms with van der Waals surface area (Å²) in [6.07, 6.45) is 5.46. The Morgan fingerprint density at radius 3 is 2.04 bits per heavy atom. The summed E-state index contributed by atoms with van der Waals surface area (Å²) in [6, 6.07) is 0. The number of ether oxygens (including phenoxy) is 1. The van der Waals surface area contributed by atoms with E-state index in [0.29, 0.717) is 18.4 Å². The summed E-state index contributed by atoms with van der Waals surface area (Å²) in [4.78, 5) is 11.8. The molecule has 0 spiro atoms. The lowest BCUT2D eigenvalue weighted by Crippen LogP contribution is -2.40. The first kappa shape index (κ1) is 18.6. The molecule has 0 heterocycles. The van der Waals surface area contributed by atoms with Crippen LogP contribution in [0.5, 0.6) is 0 Å². The normalized spacial score (nSPS) is 20.0. The Kier molecular flexibility index (Phi) is 6.35. The number of nitrogens with one attached hydrogen (secondary N) is 2. The Balaban J connectivity index is 1.67. The summed E-state index contributed by atoms with van der Waals surface area (Å²) in [5.74, 6) is 3.88. The lowest BCUT2D eigenvalue weighted by Gasteiger charge is -2.25. The van der Waals surface area contributed by atoms with Crippen molar-refractivity contribution in [3.63, 3.8) is 0 Å². The van der Waals surface area contributed by atoms with Crippen LogP contribution in [0, 0.1) is 29.6 Å². The average molecular weight is 325 g/mol. The first-order valence-corrected chi connectivity index (χ1v) is 9.44. The van der Waals surface area contributed by atoms with Gasteiger partial charge in [-0.05, 0) is 89.1 Å². The lowest BCUT2D eigenvalue weighted by molar-refractivity contribution is 0.0514. The van der Waals surface area contributed by atoms with E-state index in [1.807, 2.05) is 20.8 Å². The molecule has 134 valence electrons. The second-order valence-corrected chi connectivity index (χ2v) is 8.88. The van der Waals surface area contributed by atoms with Gasteiger partial charge < -0.3 is 15.4 Å². The summed E-state index contributed by atoms with van der Waals surface area (Å²) >= 11 is 0. The first-order chi connectivity index (χ1) is 10.8. The second-order valence-electron chi connectivity index (χ2n) is 8.88. The van der Waals surface area contributed by atoms with Gasteiger partial charge in [-0.25, -0.2) is 4.79 Å². The van der Waals surface area contributed by atoms with E-state index in [2.05, 4.69) is 24.5 Å². The molecule has 0 bridgehead atoms. The van der Waals surface area contributed by atoms with Gasteiger partial charge in [0.05, 0.1) is 0 Å². The van der Waals surface area contributed by atoms with Crippen LogP contribution in [0.25, 0.3) is 0 Å². The third-order valence-electron chi connectivity index (χ3n) is 5.09. The van der Waals surface area contributed by atoms with Crippen LogP contribution in [-0.4, -0.2) is 31.3 Å². The van der Waals surface area contributed by atoms with Gasteiger partial charge in [0, 0.05) is 6.54 Å². The van der Waals surface area contributed by atoms with E-state index < -0.39 is 5.60 Å². The van der Waals surface area contributed by atoms with Crippen LogP contribution in [0.15, 0.2) is 0 Å². The molecule has 1 unspecified atom stereocenters. The van der Waals surface area contributed by atoms with Crippen molar-refractivity contribution in [1.82, 2.24) is 10.6 Å². The van der Waals surface area contributed by atoms with Crippen molar-refractivity contribution in [3.8, 4) is 0 Å². The molecular weight excluding hydrogens is 288 g/mol. The molecule has 2 fully saturated rings. The average Bonchev–Trinajstić information content (AvgIpc) is 3.28. The van der Waals surface area contributed by atoms with Gasteiger partial charge in [-0.1, -0.05) is 13.8 Å². The van der Waals surface area contributed by atoms with Crippen molar-refractivity contribution in [2.75, 3.05) is 19.6 Å². The molecule has 0 saturated heterocycles. The minimum Gasteiger partial charge on any atom is -0.444 e. The maximum atomic E-state index is 11.8. The molecule has 0 aliphatic heterocycles. The Bertz CT molecular complexity index is 369. The van der Waals surface area contributed by atoms with Gasteiger partial charge in [0.2, 0.25) is 0 Å².